The zero-order valence-corrected chi connectivity index (χ0v) is 15.2. The third-order valence-electron chi connectivity index (χ3n) is 5.26. The van der Waals surface area contributed by atoms with Crippen LogP contribution >= 0.6 is 0 Å². The molecule has 0 radical (unpaired) electrons. The fourth-order valence-electron chi connectivity index (χ4n) is 3.51. The molecule has 3 rings (SSSR count). The average molecular weight is 347 g/mol. The van der Waals surface area contributed by atoms with E-state index in [1.165, 1.54) is 12.8 Å². The Morgan fingerprint density at radius 3 is 2.60 bits per heavy atom. The Labute approximate surface area is 149 Å². The van der Waals surface area contributed by atoms with Gasteiger partial charge in [-0.15, -0.1) is 0 Å². The van der Waals surface area contributed by atoms with Crippen molar-refractivity contribution in [1.29, 1.82) is 0 Å². The van der Waals surface area contributed by atoms with Crippen LogP contribution in [0.2, 0.25) is 0 Å². The highest BCUT2D eigenvalue weighted by molar-refractivity contribution is 5.82. The Balaban J connectivity index is 1.43. The van der Waals surface area contributed by atoms with Crippen molar-refractivity contribution >= 4 is 11.8 Å². The van der Waals surface area contributed by atoms with Crippen molar-refractivity contribution in [3.63, 3.8) is 0 Å². The molecular formula is C19H29N3O3. The SMILES string of the molecule is Cc1ccc(C(CNC(=O)CCNC(=O)C2CC2C)N2CCCC2)o1. The van der Waals surface area contributed by atoms with Crippen molar-refractivity contribution in [3.05, 3.63) is 23.7 Å². The van der Waals surface area contributed by atoms with Crippen LogP contribution in [-0.2, 0) is 9.59 Å². The number of nitrogens with zero attached hydrogens (tertiary/aromatic N) is 1. The third kappa shape index (κ3) is 4.84. The minimum Gasteiger partial charge on any atom is -0.465 e. The highest BCUT2D eigenvalue weighted by Crippen LogP contribution is 2.37. The van der Waals surface area contributed by atoms with E-state index >= 15 is 0 Å². The molecule has 0 aromatic carbocycles. The van der Waals surface area contributed by atoms with Crippen LogP contribution in [0.4, 0.5) is 0 Å². The van der Waals surface area contributed by atoms with Crippen LogP contribution in [0.5, 0.6) is 0 Å². The summed E-state index contributed by atoms with van der Waals surface area (Å²) in [4.78, 5) is 26.3. The topological polar surface area (TPSA) is 74.6 Å². The molecule has 3 unspecified atom stereocenters. The largest absolute Gasteiger partial charge is 0.465 e. The summed E-state index contributed by atoms with van der Waals surface area (Å²) in [5.41, 5.74) is 0. The van der Waals surface area contributed by atoms with Gasteiger partial charge in [-0.3, -0.25) is 14.5 Å². The standard InChI is InChI=1S/C19H29N3O3/c1-13-11-15(13)19(24)20-8-7-18(23)21-12-16(22-9-3-4-10-22)17-6-5-14(2)25-17/h5-6,13,15-16H,3-4,7-12H2,1-2H3,(H,20,24)(H,21,23). The second-order valence-electron chi connectivity index (χ2n) is 7.37. The van der Waals surface area contributed by atoms with Gasteiger partial charge in [-0.25, -0.2) is 0 Å². The summed E-state index contributed by atoms with van der Waals surface area (Å²) < 4.78 is 5.80. The predicted octanol–water partition coefficient (Wildman–Crippen LogP) is 2.00. The van der Waals surface area contributed by atoms with Gasteiger partial charge in [0.1, 0.15) is 11.5 Å². The highest BCUT2D eigenvalue weighted by atomic mass is 16.3. The van der Waals surface area contributed by atoms with Crippen molar-refractivity contribution in [2.24, 2.45) is 11.8 Å². The lowest BCUT2D eigenvalue weighted by molar-refractivity contribution is -0.123. The molecule has 2 N–H and O–H groups in total. The van der Waals surface area contributed by atoms with Gasteiger partial charge >= 0.3 is 0 Å². The molecule has 1 saturated heterocycles. The number of rotatable bonds is 8. The highest BCUT2D eigenvalue weighted by Gasteiger charge is 2.38. The summed E-state index contributed by atoms with van der Waals surface area (Å²) in [6, 6.07) is 4.05. The maximum atomic E-state index is 12.1. The van der Waals surface area contributed by atoms with E-state index in [1.54, 1.807) is 0 Å². The van der Waals surface area contributed by atoms with Crippen LogP contribution in [0.3, 0.4) is 0 Å². The molecule has 1 aliphatic heterocycles. The monoisotopic (exact) mass is 347 g/mol. The number of nitrogens with one attached hydrogen (secondary N) is 2. The smallest absolute Gasteiger partial charge is 0.223 e. The summed E-state index contributed by atoms with van der Waals surface area (Å²) in [5, 5.41) is 5.86. The molecule has 1 saturated carbocycles. The summed E-state index contributed by atoms with van der Waals surface area (Å²) in [6.07, 6.45) is 3.67. The molecule has 1 aliphatic carbocycles. The maximum absolute atomic E-state index is 12.1. The first kappa shape index (κ1) is 18.0. The number of hydrogen-bond donors (Lipinski definition) is 2. The molecule has 2 amide bonds. The molecule has 6 heteroatoms. The van der Waals surface area contributed by atoms with Crippen LogP contribution in [0.15, 0.2) is 16.5 Å². The molecule has 2 aliphatic rings. The van der Waals surface area contributed by atoms with Crippen LogP contribution in [-0.4, -0.2) is 42.9 Å². The van der Waals surface area contributed by atoms with Crippen LogP contribution in [0.1, 0.15) is 50.2 Å². The molecule has 2 fully saturated rings. The second-order valence-corrected chi connectivity index (χ2v) is 7.37. The summed E-state index contributed by atoms with van der Waals surface area (Å²) >= 11 is 0. The minimum absolute atomic E-state index is 0.0309. The van der Waals surface area contributed by atoms with E-state index < -0.39 is 0 Å². The summed E-state index contributed by atoms with van der Waals surface area (Å²) in [5.74, 6) is 2.51. The molecule has 1 aromatic rings. The van der Waals surface area contributed by atoms with Gasteiger partial charge in [-0.2, -0.15) is 0 Å². The third-order valence-corrected chi connectivity index (χ3v) is 5.26. The van der Waals surface area contributed by atoms with Crippen molar-refractivity contribution in [2.75, 3.05) is 26.2 Å². The maximum Gasteiger partial charge on any atom is 0.223 e. The molecule has 3 atom stereocenters. The van der Waals surface area contributed by atoms with Gasteiger partial charge < -0.3 is 15.1 Å². The van der Waals surface area contributed by atoms with E-state index in [1.807, 2.05) is 19.1 Å². The first-order chi connectivity index (χ1) is 12.0. The number of amides is 2. The van der Waals surface area contributed by atoms with Gasteiger partial charge in [0.05, 0.1) is 6.04 Å². The van der Waals surface area contributed by atoms with E-state index in [4.69, 9.17) is 4.42 Å². The van der Waals surface area contributed by atoms with E-state index in [0.29, 0.717) is 25.4 Å². The Morgan fingerprint density at radius 2 is 2.00 bits per heavy atom. The normalized spacial score (nSPS) is 24.1. The Bertz CT molecular complexity index is 607. The second kappa shape index (κ2) is 8.04. The minimum atomic E-state index is -0.0309. The van der Waals surface area contributed by atoms with Gasteiger partial charge in [0.2, 0.25) is 11.8 Å². The summed E-state index contributed by atoms with van der Waals surface area (Å²) in [6.45, 7) is 7.03. The fraction of sp³-hybridized carbons (Fsp3) is 0.684. The fourth-order valence-corrected chi connectivity index (χ4v) is 3.51. The van der Waals surface area contributed by atoms with E-state index in [2.05, 4.69) is 22.5 Å². The Morgan fingerprint density at radius 1 is 1.28 bits per heavy atom. The van der Waals surface area contributed by atoms with Gasteiger partial charge in [0.15, 0.2) is 0 Å². The zero-order chi connectivity index (χ0) is 17.8. The number of hydrogen-bond acceptors (Lipinski definition) is 4. The lowest BCUT2D eigenvalue weighted by Crippen LogP contribution is -2.38. The first-order valence-corrected chi connectivity index (χ1v) is 9.39. The van der Waals surface area contributed by atoms with E-state index in [9.17, 15) is 9.59 Å². The zero-order valence-electron chi connectivity index (χ0n) is 15.2. The Kier molecular flexibility index (Phi) is 5.78. The van der Waals surface area contributed by atoms with E-state index in [-0.39, 0.29) is 23.8 Å². The average Bonchev–Trinajstić information content (AvgIpc) is 2.97. The van der Waals surface area contributed by atoms with Crippen molar-refractivity contribution < 1.29 is 14.0 Å². The molecule has 0 bridgehead atoms. The molecule has 25 heavy (non-hydrogen) atoms. The van der Waals surface area contributed by atoms with Crippen molar-refractivity contribution in [3.8, 4) is 0 Å². The van der Waals surface area contributed by atoms with Crippen molar-refractivity contribution in [2.45, 2.75) is 45.6 Å². The Hall–Kier alpha value is -1.82. The van der Waals surface area contributed by atoms with Gasteiger partial charge in [0.25, 0.3) is 0 Å². The predicted molar refractivity (Wildman–Crippen MR) is 94.9 cm³/mol. The summed E-state index contributed by atoms with van der Waals surface area (Å²) in [7, 11) is 0. The molecule has 0 spiro atoms. The number of furan rings is 1. The molecular weight excluding hydrogens is 318 g/mol. The molecule has 6 nitrogen and oxygen atoms in total. The quantitative estimate of drug-likeness (QED) is 0.754. The molecule has 1 aromatic heterocycles. The molecule has 2 heterocycles. The van der Waals surface area contributed by atoms with Crippen LogP contribution in [0.25, 0.3) is 0 Å². The number of aryl methyl sites for hydroxylation is 1. The van der Waals surface area contributed by atoms with Gasteiger partial charge in [-0.05, 0) is 57.3 Å². The number of carbonyl (C=O) groups excluding carboxylic acids is 2. The number of carbonyl (C=O) groups is 2. The van der Waals surface area contributed by atoms with Crippen LogP contribution in [0, 0.1) is 18.8 Å². The first-order valence-electron chi connectivity index (χ1n) is 9.39. The lowest BCUT2D eigenvalue weighted by atomic mass is 10.2. The van der Waals surface area contributed by atoms with Gasteiger partial charge in [0, 0.05) is 25.4 Å². The number of likely N-dealkylation sites (tertiary alicyclic amines) is 1. The molecule has 138 valence electrons. The van der Waals surface area contributed by atoms with Gasteiger partial charge in [-0.1, -0.05) is 6.92 Å². The lowest BCUT2D eigenvalue weighted by Gasteiger charge is -2.26. The van der Waals surface area contributed by atoms with Crippen molar-refractivity contribution in [1.82, 2.24) is 15.5 Å². The van der Waals surface area contributed by atoms with E-state index in [0.717, 1.165) is 31.0 Å². The van der Waals surface area contributed by atoms with Crippen LogP contribution < -0.4 is 10.6 Å².